The first-order valence-electron chi connectivity index (χ1n) is 8.22. The first-order valence-corrected chi connectivity index (χ1v) is 9.21. The molecule has 0 bridgehead atoms. The van der Waals surface area contributed by atoms with Gasteiger partial charge in [-0.15, -0.1) is 0 Å². The summed E-state index contributed by atoms with van der Waals surface area (Å²) in [6.45, 7) is 4.42. The van der Waals surface area contributed by atoms with Gasteiger partial charge in [-0.1, -0.05) is 41.2 Å². The Labute approximate surface area is 152 Å². The Morgan fingerprint density at radius 1 is 1.32 bits per heavy atom. The molecule has 0 fully saturated rings. The van der Waals surface area contributed by atoms with Crippen LogP contribution in [0.5, 0.6) is 0 Å². The van der Waals surface area contributed by atoms with Crippen molar-refractivity contribution in [3.05, 3.63) is 65.5 Å². The SMILES string of the molecule is C/C(=N\OCc1ccccn1)c1cccc(C2(C)CCSC(N)=N2)c1. The van der Waals surface area contributed by atoms with Crippen LogP contribution >= 0.6 is 11.8 Å². The second kappa shape index (κ2) is 7.70. The Morgan fingerprint density at radius 2 is 2.20 bits per heavy atom. The second-order valence-electron chi connectivity index (χ2n) is 6.17. The zero-order valence-electron chi connectivity index (χ0n) is 14.5. The molecule has 1 unspecified atom stereocenters. The third-order valence-electron chi connectivity index (χ3n) is 4.24. The number of aromatic nitrogens is 1. The largest absolute Gasteiger partial charge is 0.389 e. The fourth-order valence-corrected chi connectivity index (χ4v) is 3.68. The molecule has 2 heterocycles. The van der Waals surface area contributed by atoms with Crippen molar-refractivity contribution in [1.82, 2.24) is 4.98 Å². The van der Waals surface area contributed by atoms with Crippen molar-refractivity contribution in [3.63, 3.8) is 0 Å². The van der Waals surface area contributed by atoms with E-state index in [0.717, 1.165) is 34.7 Å². The highest BCUT2D eigenvalue weighted by Gasteiger charge is 2.29. The lowest BCUT2D eigenvalue weighted by molar-refractivity contribution is 0.128. The molecule has 25 heavy (non-hydrogen) atoms. The number of pyridine rings is 1. The molecule has 0 saturated heterocycles. The summed E-state index contributed by atoms with van der Waals surface area (Å²) in [6, 6.07) is 14.0. The lowest BCUT2D eigenvalue weighted by atomic mass is 9.88. The number of benzene rings is 1. The van der Waals surface area contributed by atoms with Gasteiger partial charge < -0.3 is 10.6 Å². The van der Waals surface area contributed by atoms with Crippen molar-refractivity contribution in [3.8, 4) is 0 Å². The highest BCUT2D eigenvalue weighted by Crippen LogP contribution is 2.35. The van der Waals surface area contributed by atoms with E-state index in [0.29, 0.717) is 11.8 Å². The predicted octanol–water partition coefficient (Wildman–Crippen LogP) is 3.69. The van der Waals surface area contributed by atoms with Gasteiger partial charge in [-0.25, -0.2) is 0 Å². The van der Waals surface area contributed by atoms with E-state index in [2.05, 4.69) is 34.2 Å². The molecule has 5 nitrogen and oxygen atoms in total. The van der Waals surface area contributed by atoms with Crippen LogP contribution in [0.2, 0.25) is 0 Å². The first-order chi connectivity index (χ1) is 12.1. The zero-order chi connectivity index (χ0) is 17.7. The quantitative estimate of drug-likeness (QED) is 0.656. The third kappa shape index (κ3) is 4.39. The van der Waals surface area contributed by atoms with E-state index in [1.54, 1.807) is 18.0 Å². The minimum absolute atomic E-state index is 0.277. The number of thioether (sulfide) groups is 1. The molecule has 1 aromatic carbocycles. The number of nitrogens with two attached hydrogens (primary N) is 1. The molecule has 1 aromatic heterocycles. The van der Waals surface area contributed by atoms with E-state index in [-0.39, 0.29) is 5.54 Å². The fourth-order valence-electron chi connectivity index (χ4n) is 2.71. The number of oxime groups is 1. The number of rotatable bonds is 5. The van der Waals surface area contributed by atoms with Crippen LogP contribution in [0.3, 0.4) is 0 Å². The number of hydrogen-bond acceptors (Lipinski definition) is 6. The van der Waals surface area contributed by atoms with Gasteiger partial charge in [0, 0.05) is 11.9 Å². The maximum atomic E-state index is 5.93. The number of aliphatic imine (C=N–C) groups is 1. The minimum atomic E-state index is -0.277. The first kappa shape index (κ1) is 17.5. The summed E-state index contributed by atoms with van der Waals surface area (Å²) in [5.41, 5.74) is 9.49. The van der Waals surface area contributed by atoms with Crippen molar-refractivity contribution in [2.45, 2.75) is 32.4 Å². The van der Waals surface area contributed by atoms with Gasteiger partial charge in [-0.05, 0) is 49.6 Å². The minimum Gasteiger partial charge on any atom is -0.389 e. The summed E-state index contributed by atoms with van der Waals surface area (Å²) >= 11 is 1.61. The van der Waals surface area contributed by atoms with Crippen LogP contribution in [0.15, 0.2) is 58.8 Å². The van der Waals surface area contributed by atoms with Gasteiger partial charge in [0.25, 0.3) is 0 Å². The van der Waals surface area contributed by atoms with Gasteiger partial charge in [0.05, 0.1) is 16.9 Å². The van der Waals surface area contributed by atoms with Crippen LogP contribution in [0, 0.1) is 0 Å². The Morgan fingerprint density at radius 3 is 2.96 bits per heavy atom. The standard InChI is InChI=1S/C19H22N4OS/c1-14(23-24-13-17-8-3-4-10-21-17)15-6-5-7-16(12-15)19(2)9-11-25-18(20)22-19/h3-8,10,12H,9,11,13H2,1-2H3,(H2,20,22)/b23-14+. The highest BCUT2D eigenvalue weighted by atomic mass is 32.2. The Balaban J connectivity index is 1.74. The van der Waals surface area contributed by atoms with Gasteiger partial charge in [0.2, 0.25) is 0 Å². The molecule has 2 aromatic rings. The molecule has 0 radical (unpaired) electrons. The molecule has 0 spiro atoms. The van der Waals surface area contributed by atoms with E-state index in [1.807, 2.05) is 37.3 Å². The fraction of sp³-hybridized carbons (Fsp3) is 0.316. The Kier molecular flexibility index (Phi) is 5.38. The van der Waals surface area contributed by atoms with Gasteiger partial charge in [-0.2, -0.15) is 0 Å². The van der Waals surface area contributed by atoms with Crippen LogP contribution in [0.25, 0.3) is 0 Å². The molecule has 1 aliphatic rings. The van der Waals surface area contributed by atoms with Crippen molar-refractivity contribution in [2.24, 2.45) is 15.9 Å². The van der Waals surface area contributed by atoms with Crippen LogP contribution in [0.1, 0.15) is 37.1 Å². The van der Waals surface area contributed by atoms with Gasteiger partial charge in [0.1, 0.15) is 0 Å². The summed E-state index contributed by atoms with van der Waals surface area (Å²) in [5, 5.41) is 4.88. The average molecular weight is 354 g/mol. The van der Waals surface area contributed by atoms with Crippen LogP contribution in [-0.4, -0.2) is 21.6 Å². The molecular weight excluding hydrogens is 332 g/mol. The molecule has 1 atom stereocenters. The third-order valence-corrected chi connectivity index (χ3v) is 5.03. The van der Waals surface area contributed by atoms with Crippen molar-refractivity contribution in [1.29, 1.82) is 0 Å². The molecule has 3 rings (SSSR count). The highest BCUT2D eigenvalue weighted by molar-refractivity contribution is 8.13. The Bertz CT molecular complexity index is 791. The number of nitrogens with zero attached hydrogens (tertiary/aromatic N) is 3. The lowest BCUT2D eigenvalue weighted by Crippen LogP contribution is -2.28. The number of amidine groups is 1. The van der Waals surface area contributed by atoms with Gasteiger partial charge in [0.15, 0.2) is 11.8 Å². The summed E-state index contributed by atoms with van der Waals surface area (Å²) in [7, 11) is 0. The summed E-state index contributed by atoms with van der Waals surface area (Å²) in [6.07, 6.45) is 2.71. The topological polar surface area (TPSA) is 72.9 Å². The van der Waals surface area contributed by atoms with Crippen LogP contribution < -0.4 is 5.73 Å². The maximum Gasteiger partial charge on any atom is 0.159 e. The molecule has 6 heteroatoms. The van der Waals surface area contributed by atoms with E-state index in [9.17, 15) is 0 Å². The van der Waals surface area contributed by atoms with Gasteiger partial charge in [-0.3, -0.25) is 9.98 Å². The predicted molar refractivity (Wildman–Crippen MR) is 104 cm³/mol. The summed E-state index contributed by atoms with van der Waals surface area (Å²) < 4.78 is 0. The average Bonchev–Trinajstić information content (AvgIpc) is 2.62. The smallest absolute Gasteiger partial charge is 0.159 e. The van der Waals surface area contributed by atoms with Crippen molar-refractivity contribution >= 4 is 22.6 Å². The lowest BCUT2D eigenvalue weighted by Gasteiger charge is -2.30. The van der Waals surface area contributed by atoms with E-state index in [1.165, 1.54) is 0 Å². The maximum absolute atomic E-state index is 5.93. The molecule has 2 N–H and O–H groups in total. The zero-order valence-corrected chi connectivity index (χ0v) is 15.3. The molecule has 0 aliphatic carbocycles. The summed E-state index contributed by atoms with van der Waals surface area (Å²) in [4.78, 5) is 14.3. The number of hydrogen-bond donors (Lipinski definition) is 1. The monoisotopic (exact) mass is 354 g/mol. The molecule has 0 amide bonds. The Hall–Kier alpha value is -2.34. The van der Waals surface area contributed by atoms with E-state index >= 15 is 0 Å². The van der Waals surface area contributed by atoms with Crippen LogP contribution in [-0.2, 0) is 17.0 Å². The van der Waals surface area contributed by atoms with Crippen molar-refractivity contribution < 1.29 is 4.84 Å². The second-order valence-corrected chi connectivity index (χ2v) is 7.29. The van der Waals surface area contributed by atoms with Crippen molar-refractivity contribution in [2.75, 3.05) is 5.75 Å². The molecule has 1 aliphatic heterocycles. The normalized spacial score (nSPS) is 20.9. The van der Waals surface area contributed by atoms with E-state index < -0.39 is 0 Å². The molecule has 0 saturated carbocycles. The van der Waals surface area contributed by atoms with Crippen LogP contribution in [0.4, 0.5) is 0 Å². The molecule has 130 valence electrons. The molecular formula is C19H22N4OS. The van der Waals surface area contributed by atoms with E-state index in [4.69, 9.17) is 10.6 Å². The summed E-state index contributed by atoms with van der Waals surface area (Å²) in [5.74, 6) is 0.982. The van der Waals surface area contributed by atoms with Gasteiger partial charge >= 0.3 is 0 Å².